The van der Waals surface area contributed by atoms with Crippen molar-refractivity contribution in [2.75, 3.05) is 0 Å². The average Bonchev–Trinajstić information content (AvgIpc) is 2.82. The van der Waals surface area contributed by atoms with Gasteiger partial charge in [0, 0.05) is 6.04 Å². The summed E-state index contributed by atoms with van der Waals surface area (Å²) in [5.74, 6) is 1.46. The van der Waals surface area contributed by atoms with Gasteiger partial charge in [-0.25, -0.2) is 0 Å². The van der Waals surface area contributed by atoms with E-state index in [2.05, 4.69) is 38.1 Å². The second-order valence-corrected chi connectivity index (χ2v) is 4.28. The molecule has 1 aliphatic rings. The van der Waals surface area contributed by atoms with Crippen LogP contribution in [0.15, 0.2) is 24.3 Å². The van der Waals surface area contributed by atoms with E-state index < -0.39 is 0 Å². The van der Waals surface area contributed by atoms with Crippen LogP contribution in [-0.2, 0) is 0 Å². The van der Waals surface area contributed by atoms with Crippen LogP contribution < -0.4 is 5.73 Å². The van der Waals surface area contributed by atoms with E-state index in [1.807, 2.05) is 0 Å². The molecule has 0 spiro atoms. The lowest BCUT2D eigenvalue weighted by molar-refractivity contribution is 0.631. The van der Waals surface area contributed by atoms with Gasteiger partial charge in [0.15, 0.2) is 0 Å². The van der Waals surface area contributed by atoms with Crippen LogP contribution in [0.2, 0.25) is 0 Å². The molecular weight excluding hydrogens is 194 g/mol. The normalized spacial score (nSPS) is 26.5. The third-order valence-corrected chi connectivity index (χ3v) is 2.99. The van der Waals surface area contributed by atoms with Gasteiger partial charge in [-0.3, -0.25) is 0 Å². The number of aryl methyl sites for hydroxylation is 1. The fraction of sp³-hybridized carbons (Fsp3) is 0.500. The average molecular weight is 212 g/mol. The maximum absolute atomic E-state index is 5.86. The molecule has 0 heterocycles. The Balaban J connectivity index is 0.000000980. The Morgan fingerprint density at radius 1 is 1.43 bits per heavy atom. The van der Waals surface area contributed by atoms with E-state index in [0.717, 1.165) is 11.8 Å². The van der Waals surface area contributed by atoms with Crippen LogP contribution in [0.5, 0.6) is 0 Å². The fourth-order valence-electron chi connectivity index (χ4n) is 2.08. The van der Waals surface area contributed by atoms with Gasteiger partial charge in [0.2, 0.25) is 0 Å². The highest BCUT2D eigenvalue weighted by atomic mass is 35.5. The Morgan fingerprint density at radius 2 is 2.14 bits per heavy atom. The summed E-state index contributed by atoms with van der Waals surface area (Å²) in [4.78, 5) is 0. The molecule has 1 aromatic rings. The minimum Gasteiger partial charge on any atom is -0.328 e. The van der Waals surface area contributed by atoms with Gasteiger partial charge in [-0.1, -0.05) is 29.8 Å². The van der Waals surface area contributed by atoms with Crippen molar-refractivity contribution < 1.29 is 0 Å². The van der Waals surface area contributed by atoms with Crippen molar-refractivity contribution in [2.24, 2.45) is 11.7 Å². The van der Waals surface area contributed by atoms with Crippen LogP contribution in [0.1, 0.15) is 30.4 Å². The van der Waals surface area contributed by atoms with Crippen molar-refractivity contribution >= 4 is 12.4 Å². The summed E-state index contributed by atoms with van der Waals surface area (Å²) in [7, 11) is 0. The molecular formula is C12H18ClN. The molecule has 78 valence electrons. The molecule has 1 fully saturated rings. The van der Waals surface area contributed by atoms with E-state index in [4.69, 9.17) is 5.73 Å². The minimum atomic E-state index is 0. The first-order valence-corrected chi connectivity index (χ1v) is 5.00. The number of nitrogens with two attached hydrogens (primary N) is 1. The highest BCUT2D eigenvalue weighted by Gasteiger charge is 2.40. The zero-order chi connectivity index (χ0) is 9.42. The maximum Gasteiger partial charge on any atom is 0.00448 e. The summed E-state index contributed by atoms with van der Waals surface area (Å²) in [5.41, 5.74) is 8.69. The molecule has 2 rings (SSSR count). The maximum atomic E-state index is 5.86. The molecule has 0 aliphatic heterocycles. The van der Waals surface area contributed by atoms with Gasteiger partial charge in [0.05, 0.1) is 0 Å². The van der Waals surface area contributed by atoms with Crippen LogP contribution in [0, 0.1) is 12.8 Å². The Labute approximate surface area is 92.1 Å². The number of hydrogen-bond donors (Lipinski definition) is 1. The molecule has 0 radical (unpaired) electrons. The highest BCUT2D eigenvalue weighted by Crippen LogP contribution is 2.48. The Hall–Kier alpha value is -0.530. The van der Waals surface area contributed by atoms with Gasteiger partial charge < -0.3 is 5.73 Å². The van der Waals surface area contributed by atoms with Crippen molar-refractivity contribution in [1.29, 1.82) is 0 Å². The molecule has 0 amide bonds. The van der Waals surface area contributed by atoms with Crippen LogP contribution in [0.3, 0.4) is 0 Å². The van der Waals surface area contributed by atoms with Crippen LogP contribution in [-0.4, -0.2) is 6.04 Å². The van der Waals surface area contributed by atoms with E-state index in [1.54, 1.807) is 0 Å². The van der Waals surface area contributed by atoms with Crippen molar-refractivity contribution in [3.8, 4) is 0 Å². The monoisotopic (exact) mass is 211 g/mol. The third-order valence-electron chi connectivity index (χ3n) is 2.99. The number of rotatable bonds is 2. The van der Waals surface area contributed by atoms with Gasteiger partial charge in [-0.15, -0.1) is 12.4 Å². The second kappa shape index (κ2) is 4.33. The lowest BCUT2D eigenvalue weighted by Gasteiger charge is -2.04. The second-order valence-electron chi connectivity index (χ2n) is 4.28. The van der Waals surface area contributed by atoms with Crippen molar-refractivity contribution in [1.82, 2.24) is 0 Å². The summed E-state index contributed by atoms with van der Waals surface area (Å²) in [6.07, 6.45) is 1.28. The molecule has 1 saturated carbocycles. The summed E-state index contributed by atoms with van der Waals surface area (Å²) >= 11 is 0. The number of hydrogen-bond acceptors (Lipinski definition) is 1. The smallest absolute Gasteiger partial charge is 0.00448 e. The first-order chi connectivity index (χ1) is 6.18. The standard InChI is InChI=1S/C12H17N.ClH/c1-8-4-3-5-10(6-8)12-7-11(12)9(2)13;/h3-6,9,11-12H,7,13H2,1-2H3;1H. The van der Waals surface area contributed by atoms with Gasteiger partial charge in [0.1, 0.15) is 0 Å². The fourth-order valence-corrected chi connectivity index (χ4v) is 2.08. The van der Waals surface area contributed by atoms with Crippen molar-refractivity contribution in [3.63, 3.8) is 0 Å². The predicted octanol–water partition coefficient (Wildman–Crippen LogP) is 2.87. The largest absolute Gasteiger partial charge is 0.328 e. The van der Waals surface area contributed by atoms with E-state index in [9.17, 15) is 0 Å². The molecule has 0 aromatic heterocycles. The minimum absolute atomic E-state index is 0. The lowest BCUT2D eigenvalue weighted by Crippen LogP contribution is -2.17. The molecule has 14 heavy (non-hydrogen) atoms. The van der Waals surface area contributed by atoms with E-state index in [1.165, 1.54) is 17.5 Å². The summed E-state index contributed by atoms with van der Waals surface area (Å²) in [6.45, 7) is 4.26. The molecule has 2 heteroatoms. The van der Waals surface area contributed by atoms with E-state index in [0.29, 0.717) is 6.04 Å². The zero-order valence-corrected chi connectivity index (χ0v) is 9.55. The molecule has 1 aliphatic carbocycles. The van der Waals surface area contributed by atoms with Crippen LogP contribution in [0.4, 0.5) is 0 Å². The van der Waals surface area contributed by atoms with Crippen molar-refractivity contribution in [2.45, 2.75) is 32.2 Å². The van der Waals surface area contributed by atoms with E-state index in [-0.39, 0.29) is 12.4 Å². The van der Waals surface area contributed by atoms with Crippen molar-refractivity contribution in [3.05, 3.63) is 35.4 Å². The van der Waals surface area contributed by atoms with Gasteiger partial charge in [-0.2, -0.15) is 0 Å². The predicted molar refractivity (Wildman–Crippen MR) is 62.9 cm³/mol. The quantitative estimate of drug-likeness (QED) is 0.800. The first kappa shape index (κ1) is 11.5. The molecule has 2 N–H and O–H groups in total. The summed E-state index contributed by atoms with van der Waals surface area (Å²) < 4.78 is 0. The third kappa shape index (κ3) is 2.28. The van der Waals surface area contributed by atoms with Gasteiger partial charge in [-0.05, 0) is 37.7 Å². The number of benzene rings is 1. The highest BCUT2D eigenvalue weighted by molar-refractivity contribution is 5.85. The zero-order valence-electron chi connectivity index (χ0n) is 8.73. The molecule has 1 nitrogen and oxygen atoms in total. The lowest BCUT2D eigenvalue weighted by atomic mass is 10.0. The van der Waals surface area contributed by atoms with Crippen LogP contribution >= 0.6 is 12.4 Å². The molecule has 0 saturated heterocycles. The molecule has 0 bridgehead atoms. The molecule has 1 aromatic carbocycles. The van der Waals surface area contributed by atoms with Gasteiger partial charge in [0.25, 0.3) is 0 Å². The Kier molecular flexibility index (Phi) is 3.57. The first-order valence-electron chi connectivity index (χ1n) is 5.00. The summed E-state index contributed by atoms with van der Waals surface area (Å²) in [6, 6.07) is 9.15. The Bertz CT molecular complexity index is 309. The Morgan fingerprint density at radius 3 is 2.64 bits per heavy atom. The van der Waals surface area contributed by atoms with E-state index >= 15 is 0 Å². The molecule has 3 atom stereocenters. The van der Waals surface area contributed by atoms with Gasteiger partial charge >= 0.3 is 0 Å². The topological polar surface area (TPSA) is 26.0 Å². The summed E-state index contributed by atoms with van der Waals surface area (Å²) in [5, 5.41) is 0. The molecule has 3 unspecified atom stereocenters. The van der Waals surface area contributed by atoms with Crippen LogP contribution in [0.25, 0.3) is 0 Å². The SMILES string of the molecule is Cc1cccc(C2CC2C(C)N)c1.Cl. The number of halogens is 1.